The third-order valence-electron chi connectivity index (χ3n) is 6.16. The zero-order chi connectivity index (χ0) is 30.1. The highest BCUT2D eigenvalue weighted by atomic mass is 32.2. The lowest BCUT2D eigenvalue weighted by molar-refractivity contribution is -0.384. The summed E-state index contributed by atoms with van der Waals surface area (Å²) in [5.74, 6) is -1.15. The van der Waals surface area contributed by atoms with Crippen LogP contribution in [-0.2, 0) is 9.59 Å². The Morgan fingerprint density at radius 3 is 2.05 bits per heavy atom. The van der Waals surface area contributed by atoms with Crippen LogP contribution in [0.2, 0.25) is 0 Å². The molecule has 10 heteroatoms. The van der Waals surface area contributed by atoms with E-state index >= 15 is 0 Å². The average Bonchev–Trinajstić information content (AvgIpc) is 2.99. The second-order valence-corrected chi connectivity index (χ2v) is 10.7. The maximum atomic E-state index is 13.3. The summed E-state index contributed by atoms with van der Waals surface area (Å²) in [5.41, 5.74) is 3.18. The molecule has 0 bridgehead atoms. The Morgan fingerprint density at radius 1 is 0.810 bits per heavy atom. The number of hydrogen-bond acceptors (Lipinski definition) is 6. The van der Waals surface area contributed by atoms with E-state index in [1.165, 1.54) is 36.0 Å². The number of nitrogens with zero attached hydrogens (tertiary/aromatic N) is 1. The Hall–Kier alpha value is -5.22. The van der Waals surface area contributed by atoms with Crippen molar-refractivity contribution in [2.75, 3.05) is 10.6 Å². The minimum atomic E-state index is -0.502. The predicted molar refractivity (Wildman–Crippen MR) is 165 cm³/mol. The van der Waals surface area contributed by atoms with Crippen molar-refractivity contribution < 1.29 is 19.3 Å². The zero-order valence-electron chi connectivity index (χ0n) is 22.9. The summed E-state index contributed by atoms with van der Waals surface area (Å²) >= 11 is 1.32. The molecule has 9 nitrogen and oxygen atoms in total. The van der Waals surface area contributed by atoms with Crippen LogP contribution in [-0.4, -0.2) is 27.9 Å². The molecule has 3 N–H and O–H groups in total. The summed E-state index contributed by atoms with van der Waals surface area (Å²) < 4.78 is 0. The smallest absolute Gasteiger partial charge is 0.272 e. The van der Waals surface area contributed by atoms with Gasteiger partial charge >= 0.3 is 0 Å². The molecule has 0 radical (unpaired) electrons. The van der Waals surface area contributed by atoms with Gasteiger partial charge in [0.2, 0.25) is 5.91 Å². The van der Waals surface area contributed by atoms with Gasteiger partial charge in [-0.1, -0.05) is 42.5 Å². The van der Waals surface area contributed by atoms with Crippen LogP contribution in [0, 0.1) is 17.0 Å². The quantitative estimate of drug-likeness (QED) is 0.0857. The third kappa shape index (κ3) is 8.15. The van der Waals surface area contributed by atoms with E-state index in [0.29, 0.717) is 16.9 Å². The highest BCUT2D eigenvalue weighted by Gasteiger charge is 2.17. The largest absolute Gasteiger partial charge is 0.325 e. The Morgan fingerprint density at radius 2 is 1.40 bits per heavy atom. The van der Waals surface area contributed by atoms with Gasteiger partial charge in [0.05, 0.1) is 10.2 Å². The number of benzene rings is 4. The third-order valence-corrected chi connectivity index (χ3v) is 7.27. The summed E-state index contributed by atoms with van der Waals surface area (Å²) in [6.45, 7) is 3.67. The second-order valence-electron chi connectivity index (χ2n) is 9.27. The van der Waals surface area contributed by atoms with E-state index in [2.05, 4.69) is 16.0 Å². The molecular formula is C32H28N4O5S. The summed E-state index contributed by atoms with van der Waals surface area (Å²) in [7, 11) is 0. The molecule has 1 unspecified atom stereocenters. The molecule has 0 aromatic heterocycles. The van der Waals surface area contributed by atoms with Gasteiger partial charge < -0.3 is 16.0 Å². The van der Waals surface area contributed by atoms with Gasteiger partial charge in [-0.2, -0.15) is 0 Å². The topological polar surface area (TPSA) is 130 Å². The van der Waals surface area contributed by atoms with Gasteiger partial charge in [-0.3, -0.25) is 24.5 Å². The van der Waals surface area contributed by atoms with Gasteiger partial charge in [0.25, 0.3) is 17.5 Å². The number of aryl methyl sites for hydroxylation is 1. The molecule has 3 amide bonds. The average molecular weight is 581 g/mol. The van der Waals surface area contributed by atoms with Crippen molar-refractivity contribution in [2.45, 2.75) is 24.0 Å². The van der Waals surface area contributed by atoms with Crippen LogP contribution in [0.1, 0.15) is 28.4 Å². The van der Waals surface area contributed by atoms with E-state index in [1.54, 1.807) is 61.5 Å². The summed E-state index contributed by atoms with van der Waals surface area (Å²) in [6.07, 6.45) is 1.64. The number of nitro benzene ring substituents is 1. The van der Waals surface area contributed by atoms with Gasteiger partial charge in [-0.05, 0) is 79.6 Å². The van der Waals surface area contributed by atoms with Gasteiger partial charge in [0, 0.05) is 34.0 Å². The Labute approximate surface area is 247 Å². The zero-order valence-corrected chi connectivity index (χ0v) is 23.7. The number of hydrogen-bond donors (Lipinski definition) is 3. The van der Waals surface area contributed by atoms with Crippen molar-refractivity contribution >= 4 is 52.6 Å². The van der Waals surface area contributed by atoms with E-state index in [1.807, 2.05) is 37.3 Å². The Bertz CT molecular complexity index is 1620. The molecule has 212 valence electrons. The maximum Gasteiger partial charge on any atom is 0.272 e. The minimum Gasteiger partial charge on any atom is -0.325 e. The van der Waals surface area contributed by atoms with Crippen LogP contribution in [0.4, 0.5) is 17.1 Å². The predicted octanol–water partition coefficient (Wildman–Crippen LogP) is 6.43. The number of carbonyl (C=O) groups excluding carboxylic acids is 3. The molecule has 0 aliphatic carbocycles. The van der Waals surface area contributed by atoms with Crippen molar-refractivity contribution in [1.82, 2.24) is 5.32 Å². The molecular weight excluding hydrogens is 552 g/mol. The highest BCUT2D eigenvalue weighted by Crippen LogP contribution is 2.26. The van der Waals surface area contributed by atoms with Crippen molar-refractivity contribution in [2.24, 2.45) is 0 Å². The SMILES string of the molecule is Cc1ccccc1/C=C(\NC(=O)c1ccccc1)C(=O)Nc1ccc(SC(C)C(=O)Nc2ccc([N+](=O)[O-])cc2)cc1. The molecule has 0 aliphatic rings. The number of thioether (sulfide) groups is 1. The van der Waals surface area contributed by atoms with Gasteiger partial charge in [0.1, 0.15) is 5.70 Å². The summed E-state index contributed by atoms with van der Waals surface area (Å²) in [5, 5.41) is 18.7. The molecule has 0 saturated carbocycles. The van der Waals surface area contributed by atoms with Crippen LogP contribution in [0.25, 0.3) is 6.08 Å². The van der Waals surface area contributed by atoms with Crippen molar-refractivity contribution in [3.8, 4) is 0 Å². The number of rotatable bonds is 10. The van der Waals surface area contributed by atoms with Crippen molar-refractivity contribution in [3.05, 3.63) is 136 Å². The number of nitrogens with one attached hydrogen (secondary N) is 3. The minimum absolute atomic E-state index is 0.0565. The van der Waals surface area contributed by atoms with Gasteiger partial charge in [0.15, 0.2) is 0 Å². The lowest BCUT2D eigenvalue weighted by Crippen LogP contribution is -2.30. The summed E-state index contributed by atoms with van der Waals surface area (Å²) in [6, 6.07) is 28.8. The lowest BCUT2D eigenvalue weighted by Gasteiger charge is -2.14. The lowest BCUT2D eigenvalue weighted by atomic mass is 10.1. The molecule has 1 atom stereocenters. The Kier molecular flexibility index (Phi) is 9.85. The van der Waals surface area contributed by atoms with E-state index in [-0.39, 0.29) is 17.3 Å². The van der Waals surface area contributed by atoms with E-state index in [0.717, 1.165) is 16.0 Å². The van der Waals surface area contributed by atoms with Gasteiger partial charge in [-0.25, -0.2) is 0 Å². The molecule has 4 aromatic rings. The molecule has 0 spiro atoms. The number of carbonyl (C=O) groups is 3. The first kappa shape index (κ1) is 29.8. The number of anilines is 2. The second kappa shape index (κ2) is 13.9. The van der Waals surface area contributed by atoms with Crippen LogP contribution >= 0.6 is 11.8 Å². The Balaban J connectivity index is 1.41. The highest BCUT2D eigenvalue weighted by molar-refractivity contribution is 8.00. The monoisotopic (exact) mass is 580 g/mol. The van der Waals surface area contributed by atoms with Gasteiger partial charge in [-0.15, -0.1) is 11.8 Å². The fraction of sp³-hybridized carbons (Fsp3) is 0.0938. The number of nitro groups is 1. The molecule has 42 heavy (non-hydrogen) atoms. The van der Waals surface area contributed by atoms with E-state index < -0.39 is 22.0 Å². The summed E-state index contributed by atoms with van der Waals surface area (Å²) in [4.78, 5) is 49.9. The van der Waals surface area contributed by atoms with Crippen LogP contribution in [0.15, 0.2) is 114 Å². The maximum absolute atomic E-state index is 13.3. The first-order valence-corrected chi connectivity index (χ1v) is 13.8. The van der Waals surface area contributed by atoms with Crippen LogP contribution in [0.3, 0.4) is 0 Å². The van der Waals surface area contributed by atoms with E-state index in [9.17, 15) is 24.5 Å². The number of non-ortho nitro benzene ring substituents is 1. The van der Waals surface area contributed by atoms with Crippen LogP contribution in [0.5, 0.6) is 0 Å². The molecule has 4 aromatic carbocycles. The molecule has 0 saturated heterocycles. The fourth-order valence-electron chi connectivity index (χ4n) is 3.83. The first-order chi connectivity index (χ1) is 20.2. The standard InChI is InChI=1S/C32H28N4O5S/c1-21-8-6-7-11-24(21)20-29(35-31(38)23-9-4-3-5-10-23)32(39)34-26-14-18-28(19-15-26)42-22(2)30(37)33-25-12-16-27(17-13-25)36(40)41/h3-20,22H,1-2H3,(H,33,37)(H,34,39)(H,35,38)/b29-20-. The number of amides is 3. The van der Waals surface area contributed by atoms with E-state index in [4.69, 9.17) is 0 Å². The van der Waals surface area contributed by atoms with Crippen molar-refractivity contribution in [3.63, 3.8) is 0 Å². The first-order valence-electron chi connectivity index (χ1n) is 13.0. The normalized spacial score (nSPS) is 11.7. The molecule has 0 fully saturated rings. The molecule has 0 aliphatic heterocycles. The molecule has 0 heterocycles. The van der Waals surface area contributed by atoms with Crippen molar-refractivity contribution in [1.29, 1.82) is 0 Å². The molecule has 4 rings (SSSR count). The van der Waals surface area contributed by atoms with Crippen LogP contribution < -0.4 is 16.0 Å². The fourth-order valence-corrected chi connectivity index (χ4v) is 4.70.